The van der Waals surface area contributed by atoms with Crippen molar-refractivity contribution in [1.82, 2.24) is 25.0 Å². The smallest absolute Gasteiger partial charge is 0.166 e. The second kappa shape index (κ2) is 10.4. The quantitative estimate of drug-likeness (QED) is 0.336. The summed E-state index contributed by atoms with van der Waals surface area (Å²) < 4.78 is 21.8. The van der Waals surface area contributed by atoms with E-state index in [0.717, 1.165) is 34.8 Å². The van der Waals surface area contributed by atoms with E-state index in [0.29, 0.717) is 24.5 Å². The minimum atomic E-state index is -0.407. The summed E-state index contributed by atoms with van der Waals surface area (Å²) in [7, 11) is 0. The first-order chi connectivity index (χ1) is 16.4. The lowest BCUT2D eigenvalue weighted by atomic mass is 10.1. The molecule has 176 valence electrons. The van der Waals surface area contributed by atoms with Crippen molar-refractivity contribution >= 4 is 5.82 Å². The predicted molar refractivity (Wildman–Crippen MR) is 131 cm³/mol. The molecule has 3 heterocycles. The maximum atomic E-state index is 13.8. The van der Waals surface area contributed by atoms with Gasteiger partial charge in [-0.3, -0.25) is 9.78 Å². The molecule has 0 aliphatic heterocycles. The topological polar surface area (TPSA) is 94.6 Å². The summed E-state index contributed by atoms with van der Waals surface area (Å²) in [5.41, 5.74) is 11.0. The maximum absolute atomic E-state index is 13.8. The molecule has 3 aromatic rings. The lowest BCUT2D eigenvalue weighted by molar-refractivity contribution is 0.225. The van der Waals surface area contributed by atoms with Gasteiger partial charge in [-0.1, -0.05) is 5.92 Å². The minimum Gasteiger partial charge on any atom is -0.487 e. The Morgan fingerprint density at radius 1 is 1.41 bits per heavy atom. The molecule has 1 unspecified atom stereocenters. The van der Waals surface area contributed by atoms with Crippen LogP contribution in [0.25, 0.3) is 11.3 Å². The van der Waals surface area contributed by atoms with Gasteiger partial charge in [0.25, 0.3) is 0 Å². The zero-order valence-corrected chi connectivity index (χ0v) is 19.5. The average Bonchev–Trinajstić information content (AvgIpc) is 3.41. The number of nitrogens with two attached hydrogens (primary N) is 1. The molecule has 0 bridgehead atoms. The fraction of sp³-hybridized carbons (Fsp3) is 0.346. The number of anilines is 1. The Labute approximate surface area is 198 Å². The number of pyridine rings is 1. The first kappa shape index (κ1) is 23.3. The van der Waals surface area contributed by atoms with Crippen LogP contribution >= 0.6 is 0 Å². The van der Waals surface area contributed by atoms with Gasteiger partial charge in [0.2, 0.25) is 0 Å². The van der Waals surface area contributed by atoms with Gasteiger partial charge >= 0.3 is 0 Å². The standard InChI is InChI=1S/C26H29FN6O/c1-4-5-6-22(27)10-7-18(3)34-24-13-21(14-29-26(24)28)25-20(12-23-11-17(2)31-32-23)15-30-33(25)16-19-8-9-19/h1,5-6,10-11,13-15,18-19H,7-9,12,16H2,2-3H3,(H2,28,29)(H,31,32)/b6-5-,22-10+. The monoisotopic (exact) mass is 460 g/mol. The van der Waals surface area contributed by atoms with E-state index >= 15 is 0 Å². The highest BCUT2D eigenvalue weighted by Gasteiger charge is 2.25. The van der Waals surface area contributed by atoms with Crippen molar-refractivity contribution in [2.75, 3.05) is 5.73 Å². The van der Waals surface area contributed by atoms with Crippen molar-refractivity contribution in [2.24, 2.45) is 5.92 Å². The van der Waals surface area contributed by atoms with Gasteiger partial charge in [0.05, 0.1) is 23.7 Å². The molecule has 1 fully saturated rings. The van der Waals surface area contributed by atoms with Crippen LogP contribution in [0.5, 0.6) is 5.75 Å². The Morgan fingerprint density at radius 3 is 2.94 bits per heavy atom. The largest absolute Gasteiger partial charge is 0.487 e. The van der Waals surface area contributed by atoms with Crippen LogP contribution in [0.1, 0.15) is 43.1 Å². The van der Waals surface area contributed by atoms with E-state index in [1.165, 1.54) is 31.1 Å². The molecule has 3 aromatic heterocycles. The second-order valence-electron chi connectivity index (χ2n) is 8.72. The summed E-state index contributed by atoms with van der Waals surface area (Å²) in [4.78, 5) is 4.38. The summed E-state index contributed by atoms with van der Waals surface area (Å²) >= 11 is 0. The SMILES string of the molecule is C#C/C=C\C(F)=C/CC(C)Oc1cc(-c2c(Cc3cc(C)n[nH]3)cnn2CC2CC2)cnc1N. The number of H-pyrrole nitrogens is 1. The van der Waals surface area contributed by atoms with Crippen molar-refractivity contribution in [3.63, 3.8) is 0 Å². The number of halogens is 1. The maximum Gasteiger partial charge on any atom is 0.166 e. The molecule has 1 aliphatic rings. The van der Waals surface area contributed by atoms with Crippen molar-refractivity contribution in [3.05, 3.63) is 65.5 Å². The van der Waals surface area contributed by atoms with Gasteiger partial charge in [0.1, 0.15) is 5.83 Å². The number of terminal acetylenes is 1. The molecule has 8 heteroatoms. The molecule has 1 saturated carbocycles. The summed E-state index contributed by atoms with van der Waals surface area (Å²) in [6.45, 7) is 4.67. The summed E-state index contributed by atoms with van der Waals surface area (Å²) in [6.07, 6.45) is 15.9. The Hall–Kier alpha value is -3.86. The highest BCUT2D eigenvalue weighted by atomic mass is 19.1. The molecule has 3 N–H and O–H groups in total. The molecular formula is C26H29FN6O. The first-order valence-corrected chi connectivity index (χ1v) is 11.4. The van der Waals surface area contributed by atoms with Crippen LogP contribution in [0, 0.1) is 25.2 Å². The predicted octanol–water partition coefficient (Wildman–Crippen LogP) is 4.76. The van der Waals surface area contributed by atoms with Crippen LogP contribution in [0.15, 0.2) is 48.6 Å². The molecule has 0 amide bonds. The van der Waals surface area contributed by atoms with E-state index < -0.39 is 5.83 Å². The number of allylic oxidation sites excluding steroid dienone is 3. The number of rotatable bonds is 10. The number of hydrogen-bond donors (Lipinski definition) is 2. The van der Waals surface area contributed by atoms with Crippen LogP contribution in [0.3, 0.4) is 0 Å². The number of ether oxygens (including phenoxy) is 1. The number of nitrogen functional groups attached to an aromatic ring is 1. The Kier molecular flexibility index (Phi) is 7.12. The second-order valence-corrected chi connectivity index (χ2v) is 8.72. The van der Waals surface area contributed by atoms with Crippen molar-refractivity contribution in [1.29, 1.82) is 0 Å². The molecule has 4 rings (SSSR count). The molecule has 7 nitrogen and oxygen atoms in total. The fourth-order valence-corrected chi connectivity index (χ4v) is 3.76. The summed E-state index contributed by atoms with van der Waals surface area (Å²) in [5.74, 6) is 3.26. The zero-order chi connectivity index (χ0) is 24.1. The third-order valence-corrected chi connectivity index (χ3v) is 5.65. The van der Waals surface area contributed by atoms with E-state index in [1.54, 1.807) is 6.20 Å². The van der Waals surface area contributed by atoms with E-state index in [-0.39, 0.29) is 11.9 Å². The van der Waals surface area contributed by atoms with Crippen molar-refractivity contribution in [3.8, 4) is 29.4 Å². The lowest BCUT2D eigenvalue weighted by Gasteiger charge is -2.16. The third kappa shape index (κ3) is 5.93. The number of aromatic amines is 1. The highest BCUT2D eigenvalue weighted by molar-refractivity contribution is 5.67. The minimum absolute atomic E-state index is 0.284. The lowest BCUT2D eigenvalue weighted by Crippen LogP contribution is -2.13. The Balaban J connectivity index is 1.59. The van der Waals surface area contributed by atoms with E-state index in [9.17, 15) is 4.39 Å². The Morgan fingerprint density at radius 2 is 2.24 bits per heavy atom. The van der Waals surface area contributed by atoms with Gasteiger partial charge in [0.15, 0.2) is 11.6 Å². The molecule has 0 saturated heterocycles. The molecule has 34 heavy (non-hydrogen) atoms. The average molecular weight is 461 g/mol. The molecule has 0 aromatic carbocycles. The zero-order valence-electron chi connectivity index (χ0n) is 19.5. The first-order valence-electron chi connectivity index (χ1n) is 11.4. The van der Waals surface area contributed by atoms with Gasteiger partial charge < -0.3 is 10.5 Å². The highest BCUT2D eigenvalue weighted by Crippen LogP contribution is 2.35. The Bertz CT molecular complexity index is 1240. The van der Waals surface area contributed by atoms with E-state index in [4.69, 9.17) is 16.9 Å². The molecule has 0 spiro atoms. The van der Waals surface area contributed by atoms with Gasteiger partial charge in [-0.25, -0.2) is 9.37 Å². The van der Waals surface area contributed by atoms with Crippen LogP contribution in [0.2, 0.25) is 0 Å². The van der Waals surface area contributed by atoms with Gasteiger partial charge in [-0.15, -0.1) is 6.42 Å². The van der Waals surface area contributed by atoms with E-state index in [2.05, 4.69) is 26.2 Å². The summed E-state index contributed by atoms with van der Waals surface area (Å²) in [5, 5.41) is 12.0. The van der Waals surface area contributed by atoms with Crippen molar-refractivity contribution < 1.29 is 9.13 Å². The van der Waals surface area contributed by atoms with Crippen LogP contribution in [0.4, 0.5) is 10.2 Å². The van der Waals surface area contributed by atoms with Crippen LogP contribution in [-0.4, -0.2) is 31.1 Å². The summed E-state index contributed by atoms with van der Waals surface area (Å²) in [6, 6.07) is 3.92. The van der Waals surface area contributed by atoms with E-state index in [1.807, 2.05) is 36.9 Å². The number of nitrogens with zero attached hydrogens (tertiary/aromatic N) is 4. The normalized spacial score (nSPS) is 14.9. The van der Waals surface area contributed by atoms with Gasteiger partial charge in [0, 0.05) is 42.4 Å². The van der Waals surface area contributed by atoms with Crippen LogP contribution < -0.4 is 10.5 Å². The number of aromatic nitrogens is 5. The van der Waals surface area contributed by atoms with Gasteiger partial charge in [-0.2, -0.15) is 10.2 Å². The molecular weight excluding hydrogens is 431 g/mol. The molecule has 1 atom stereocenters. The van der Waals surface area contributed by atoms with Gasteiger partial charge in [-0.05, 0) is 63.0 Å². The van der Waals surface area contributed by atoms with Crippen molar-refractivity contribution in [2.45, 2.75) is 52.2 Å². The molecule has 1 aliphatic carbocycles. The van der Waals surface area contributed by atoms with Crippen LogP contribution in [-0.2, 0) is 13.0 Å². The number of hydrogen-bond acceptors (Lipinski definition) is 5. The number of aryl methyl sites for hydroxylation is 1. The fourth-order valence-electron chi connectivity index (χ4n) is 3.76. The number of nitrogens with one attached hydrogen (secondary N) is 1. The third-order valence-electron chi connectivity index (χ3n) is 5.65. The molecule has 0 radical (unpaired) electrons.